The highest BCUT2D eigenvalue weighted by Crippen LogP contribution is 2.22. The molecule has 0 aromatic heterocycles. The number of halogens is 1. The Hall–Kier alpha value is -1.41. The van der Waals surface area contributed by atoms with Gasteiger partial charge in [0, 0.05) is 24.2 Å². The fourth-order valence-corrected chi connectivity index (χ4v) is 2.59. The third-order valence-corrected chi connectivity index (χ3v) is 3.51. The summed E-state index contributed by atoms with van der Waals surface area (Å²) in [6.07, 6.45) is 1.72. The van der Waals surface area contributed by atoms with E-state index in [0.29, 0.717) is 24.2 Å². The highest BCUT2D eigenvalue weighted by molar-refractivity contribution is 5.37. The molecule has 1 aromatic rings. The summed E-state index contributed by atoms with van der Waals surface area (Å²) in [5, 5.41) is 18.7. The number of aliphatic hydroxyl groups excluding tert-OH is 1. The fourth-order valence-electron chi connectivity index (χ4n) is 2.59. The molecule has 4 heteroatoms. The third kappa shape index (κ3) is 4.04. The Balaban J connectivity index is 2.06. The molecule has 0 radical (unpaired) electrons. The van der Waals surface area contributed by atoms with Gasteiger partial charge in [-0.3, -0.25) is 4.90 Å². The highest BCUT2D eigenvalue weighted by Gasteiger charge is 2.28. The van der Waals surface area contributed by atoms with E-state index in [9.17, 15) is 9.50 Å². The van der Waals surface area contributed by atoms with Gasteiger partial charge in [0.15, 0.2) is 0 Å². The van der Waals surface area contributed by atoms with Crippen molar-refractivity contribution in [3.8, 4) is 11.8 Å². The summed E-state index contributed by atoms with van der Waals surface area (Å²) in [5.74, 6) is 4.89. The Morgan fingerprint density at radius 2 is 2.25 bits per heavy atom. The van der Waals surface area contributed by atoms with Gasteiger partial charge in [-0.1, -0.05) is 17.9 Å². The largest absolute Gasteiger partial charge is 0.389 e. The maximum absolute atomic E-state index is 14.0. The lowest BCUT2D eigenvalue weighted by Crippen LogP contribution is -2.45. The standard InChI is InChI=1S/C16H20FNO2/c1-16(20)7-3-8-18(12-16)11-14-6-5-13(4-2-9-19)10-15(14)17/h5-6,10,19-20H,3,7-9,11-12H2,1H3. The summed E-state index contributed by atoms with van der Waals surface area (Å²) in [4.78, 5) is 2.07. The Labute approximate surface area is 119 Å². The minimum atomic E-state index is -0.679. The van der Waals surface area contributed by atoms with E-state index < -0.39 is 5.60 Å². The molecule has 1 aliphatic heterocycles. The molecular formula is C16H20FNO2. The Bertz CT molecular complexity index is 531. The van der Waals surface area contributed by atoms with Crippen LogP contribution in [0, 0.1) is 17.7 Å². The van der Waals surface area contributed by atoms with Gasteiger partial charge in [0.1, 0.15) is 12.4 Å². The maximum Gasteiger partial charge on any atom is 0.128 e. The van der Waals surface area contributed by atoms with Crippen LogP contribution in [0.2, 0.25) is 0 Å². The molecule has 1 heterocycles. The Morgan fingerprint density at radius 1 is 1.45 bits per heavy atom. The van der Waals surface area contributed by atoms with Gasteiger partial charge in [-0.25, -0.2) is 4.39 Å². The van der Waals surface area contributed by atoms with E-state index in [1.165, 1.54) is 6.07 Å². The normalized spacial score (nSPS) is 23.2. The number of β-amino-alcohol motifs (C(OH)–C–C–N with tert-alkyl or cyclic N) is 1. The van der Waals surface area contributed by atoms with Crippen molar-refractivity contribution in [2.24, 2.45) is 0 Å². The van der Waals surface area contributed by atoms with Gasteiger partial charge >= 0.3 is 0 Å². The van der Waals surface area contributed by atoms with E-state index in [1.54, 1.807) is 12.1 Å². The lowest BCUT2D eigenvalue weighted by Gasteiger charge is -2.36. The number of benzene rings is 1. The first-order valence-corrected chi connectivity index (χ1v) is 6.83. The van der Waals surface area contributed by atoms with Crippen LogP contribution in [-0.2, 0) is 6.54 Å². The fraction of sp³-hybridized carbons (Fsp3) is 0.500. The van der Waals surface area contributed by atoms with Crippen LogP contribution in [0.1, 0.15) is 30.9 Å². The number of hydrogen-bond acceptors (Lipinski definition) is 3. The van der Waals surface area contributed by atoms with Gasteiger partial charge in [-0.2, -0.15) is 0 Å². The van der Waals surface area contributed by atoms with Crippen molar-refractivity contribution in [2.45, 2.75) is 31.9 Å². The van der Waals surface area contributed by atoms with Crippen molar-refractivity contribution in [1.82, 2.24) is 4.90 Å². The number of aliphatic hydroxyl groups is 2. The van der Waals surface area contributed by atoms with Crippen LogP contribution in [0.5, 0.6) is 0 Å². The van der Waals surface area contributed by atoms with Crippen molar-refractivity contribution >= 4 is 0 Å². The van der Waals surface area contributed by atoms with Crippen LogP contribution in [-0.4, -0.2) is 40.4 Å². The average Bonchev–Trinajstić information content (AvgIpc) is 2.38. The maximum atomic E-state index is 14.0. The van der Waals surface area contributed by atoms with Crippen molar-refractivity contribution in [3.05, 3.63) is 35.1 Å². The molecule has 1 saturated heterocycles. The quantitative estimate of drug-likeness (QED) is 0.806. The number of piperidine rings is 1. The van der Waals surface area contributed by atoms with Crippen LogP contribution in [0.15, 0.2) is 18.2 Å². The molecule has 0 bridgehead atoms. The van der Waals surface area contributed by atoms with Crippen LogP contribution in [0.3, 0.4) is 0 Å². The summed E-state index contributed by atoms with van der Waals surface area (Å²) < 4.78 is 14.0. The lowest BCUT2D eigenvalue weighted by atomic mass is 9.95. The Morgan fingerprint density at radius 3 is 2.90 bits per heavy atom. The molecular weight excluding hydrogens is 257 g/mol. The van der Waals surface area contributed by atoms with E-state index in [2.05, 4.69) is 16.7 Å². The second kappa shape index (κ2) is 6.36. The molecule has 0 spiro atoms. The van der Waals surface area contributed by atoms with Crippen molar-refractivity contribution in [3.63, 3.8) is 0 Å². The molecule has 1 unspecified atom stereocenters. The lowest BCUT2D eigenvalue weighted by molar-refractivity contribution is -0.0184. The van der Waals surface area contributed by atoms with Crippen LogP contribution in [0.25, 0.3) is 0 Å². The number of rotatable bonds is 2. The summed E-state index contributed by atoms with van der Waals surface area (Å²) in [6, 6.07) is 4.86. The van der Waals surface area contributed by atoms with Gasteiger partial charge in [0.05, 0.1) is 5.60 Å². The predicted molar refractivity (Wildman–Crippen MR) is 75.5 cm³/mol. The zero-order valence-corrected chi connectivity index (χ0v) is 11.7. The van der Waals surface area contributed by atoms with Crippen LogP contribution >= 0.6 is 0 Å². The molecule has 108 valence electrons. The summed E-state index contributed by atoms with van der Waals surface area (Å²) in [5.41, 5.74) is 0.490. The molecule has 20 heavy (non-hydrogen) atoms. The predicted octanol–water partition coefficient (Wildman–Crippen LogP) is 1.52. The molecule has 3 nitrogen and oxygen atoms in total. The summed E-state index contributed by atoms with van der Waals surface area (Å²) in [7, 11) is 0. The highest BCUT2D eigenvalue weighted by atomic mass is 19.1. The molecule has 1 aliphatic rings. The van der Waals surface area contributed by atoms with Gasteiger partial charge < -0.3 is 10.2 Å². The Kier molecular flexibility index (Phi) is 4.77. The minimum Gasteiger partial charge on any atom is -0.389 e. The van der Waals surface area contributed by atoms with Crippen LogP contribution in [0.4, 0.5) is 4.39 Å². The first-order chi connectivity index (χ1) is 9.50. The van der Waals surface area contributed by atoms with Crippen LogP contribution < -0.4 is 0 Å². The van der Waals surface area contributed by atoms with E-state index >= 15 is 0 Å². The number of nitrogens with zero attached hydrogens (tertiary/aromatic N) is 1. The topological polar surface area (TPSA) is 43.7 Å². The molecule has 0 amide bonds. The van der Waals surface area contributed by atoms with Gasteiger partial charge in [-0.05, 0) is 38.4 Å². The second-order valence-corrected chi connectivity index (χ2v) is 5.58. The van der Waals surface area contributed by atoms with Gasteiger partial charge in [0.25, 0.3) is 0 Å². The van der Waals surface area contributed by atoms with Crippen molar-refractivity contribution in [1.29, 1.82) is 0 Å². The molecule has 1 atom stereocenters. The van der Waals surface area contributed by atoms with Gasteiger partial charge in [0.2, 0.25) is 0 Å². The van der Waals surface area contributed by atoms with E-state index in [0.717, 1.165) is 19.4 Å². The minimum absolute atomic E-state index is 0.230. The summed E-state index contributed by atoms with van der Waals surface area (Å²) in [6.45, 7) is 3.53. The second-order valence-electron chi connectivity index (χ2n) is 5.58. The molecule has 0 aliphatic carbocycles. The van der Waals surface area contributed by atoms with E-state index in [4.69, 9.17) is 5.11 Å². The van der Waals surface area contributed by atoms with Gasteiger partial charge in [-0.15, -0.1) is 0 Å². The smallest absolute Gasteiger partial charge is 0.128 e. The SMILES string of the molecule is CC1(O)CCCN(Cc2ccc(C#CCO)cc2F)C1. The number of likely N-dealkylation sites (tertiary alicyclic amines) is 1. The van der Waals surface area contributed by atoms with E-state index in [-0.39, 0.29) is 12.4 Å². The third-order valence-electron chi connectivity index (χ3n) is 3.51. The average molecular weight is 277 g/mol. The monoisotopic (exact) mass is 277 g/mol. The first-order valence-electron chi connectivity index (χ1n) is 6.83. The molecule has 2 rings (SSSR count). The molecule has 1 fully saturated rings. The molecule has 1 aromatic carbocycles. The molecule has 2 N–H and O–H groups in total. The van der Waals surface area contributed by atoms with Crippen molar-refractivity contribution in [2.75, 3.05) is 19.7 Å². The first kappa shape index (κ1) is 15.0. The molecule has 0 saturated carbocycles. The zero-order chi connectivity index (χ0) is 14.6. The van der Waals surface area contributed by atoms with Crippen molar-refractivity contribution < 1.29 is 14.6 Å². The zero-order valence-electron chi connectivity index (χ0n) is 11.7. The number of hydrogen-bond donors (Lipinski definition) is 2. The summed E-state index contributed by atoms with van der Waals surface area (Å²) >= 11 is 0. The van der Waals surface area contributed by atoms with E-state index in [1.807, 2.05) is 6.92 Å².